The number of morpholine rings is 1. The Balaban J connectivity index is 1.67. The molecular formula is C23H30F3N5O4S. The lowest BCUT2D eigenvalue weighted by Gasteiger charge is -2.37. The third-order valence-corrected chi connectivity index (χ3v) is 8.09. The molecular weight excluding hydrogens is 499 g/mol. The number of amidine groups is 1. The third kappa shape index (κ3) is 5.10. The van der Waals surface area contributed by atoms with E-state index in [1.807, 2.05) is 13.8 Å². The fraction of sp³-hybridized carbons (Fsp3) is 0.522. The number of hydrogen-bond acceptors (Lipinski definition) is 8. The van der Waals surface area contributed by atoms with E-state index in [4.69, 9.17) is 15.2 Å². The molecule has 0 saturated carbocycles. The van der Waals surface area contributed by atoms with E-state index in [1.165, 1.54) is 35.7 Å². The van der Waals surface area contributed by atoms with Crippen molar-refractivity contribution < 1.29 is 31.1 Å². The first-order valence-corrected chi connectivity index (χ1v) is 13.0. The van der Waals surface area contributed by atoms with Crippen LogP contribution in [0.3, 0.4) is 0 Å². The van der Waals surface area contributed by atoms with Gasteiger partial charge in [0, 0.05) is 24.7 Å². The average molecular weight is 530 g/mol. The van der Waals surface area contributed by atoms with Crippen molar-refractivity contribution in [3.63, 3.8) is 0 Å². The molecule has 1 saturated heterocycles. The van der Waals surface area contributed by atoms with Crippen LogP contribution in [0.1, 0.15) is 20.3 Å². The number of methoxy groups -OCH3 is 1. The highest BCUT2D eigenvalue weighted by atomic mass is 32.2. The van der Waals surface area contributed by atoms with Gasteiger partial charge >= 0.3 is 6.18 Å². The minimum absolute atomic E-state index is 0.00801. The first kappa shape index (κ1) is 26.5. The van der Waals surface area contributed by atoms with Gasteiger partial charge in [-0.3, -0.25) is 4.99 Å². The highest BCUT2D eigenvalue weighted by Crippen LogP contribution is 2.41. The molecule has 0 aliphatic carbocycles. The van der Waals surface area contributed by atoms with Crippen LogP contribution in [-0.2, 0) is 14.8 Å². The number of aliphatic imine (C=N–C) groups is 1. The predicted molar refractivity (Wildman–Crippen MR) is 129 cm³/mol. The molecule has 3 aliphatic rings. The molecule has 198 valence electrons. The van der Waals surface area contributed by atoms with Crippen molar-refractivity contribution in [1.82, 2.24) is 9.62 Å². The van der Waals surface area contributed by atoms with Crippen LogP contribution >= 0.6 is 0 Å². The molecule has 0 aromatic heterocycles. The maximum absolute atomic E-state index is 13.7. The fourth-order valence-corrected chi connectivity index (χ4v) is 6.13. The summed E-state index contributed by atoms with van der Waals surface area (Å²) < 4.78 is 79.2. The van der Waals surface area contributed by atoms with Gasteiger partial charge in [-0.1, -0.05) is 13.8 Å². The van der Waals surface area contributed by atoms with Crippen LogP contribution < -0.4 is 21.1 Å². The molecule has 3 aliphatic heterocycles. The lowest BCUT2D eigenvalue weighted by Crippen LogP contribution is -2.52. The number of halogens is 3. The van der Waals surface area contributed by atoms with Gasteiger partial charge in [0.05, 0.1) is 48.6 Å². The van der Waals surface area contributed by atoms with Crippen LogP contribution in [0.25, 0.3) is 0 Å². The summed E-state index contributed by atoms with van der Waals surface area (Å²) in [5.74, 6) is 0.643. The number of sulfonamides is 1. The van der Waals surface area contributed by atoms with E-state index in [9.17, 15) is 21.6 Å². The molecule has 1 unspecified atom stereocenters. The van der Waals surface area contributed by atoms with Crippen LogP contribution in [-0.4, -0.2) is 70.2 Å². The van der Waals surface area contributed by atoms with Gasteiger partial charge in [-0.25, -0.2) is 8.42 Å². The second-order valence-electron chi connectivity index (χ2n) is 9.34. The molecule has 3 heterocycles. The van der Waals surface area contributed by atoms with Crippen LogP contribution in [0.15, 0.2) is 51.1 Å². The third-order valence-electron chi connectivity index (χ3n) is 6.19. The van der Waals surface area contributed by atoms with Crippen LogP contribution in [0.4, 0.5) is 18.9 Å². The molecule has 4 rings (SSSR count). The zero-order valence-corrected chi connectivity index (χ0v) is 21.1. The van der Waals surface area contributed by atoms with E-state index in [1.54, 1.807) is 0 Å². The molecule has 4 N–H and O–H groups in total. The van der Waals surface area contributed by atoms with Crippen molar-refractivity contribution >= 4 is 21.5 Å². The van der Waals surface area contributed by atoms with Crippen molar-refractivity contribution in [1.29, 1.82) is 0 Å². The Labute approximate surface area is 208 Å². The van der Waals surface area contributed by atoms with Crippen LogP contribution in [0.5, 0.6) is 5.75 Å². The Kier molecular flexibility index (Phi) is 7.12. The smallest absolute Gasteiger partial charge is 0.414 e. The minimum Gasteiger partial charge on any atom is -0.495 e. The number of nitrogens with one attached hydrogen (secondary N) is 2. The van der Waals surface area contributed by atoms with Crippen molar-refractivity contribution in [2.24, 2.45) is 16.6 Å². The average Bonchev–Trinajstić information content (AvgIpc) is 3.25. The minimum atomic E-state index is -4.55. The Hall–Kier alpha value is -2.61. The topological polar surface area (TPSA) is 118 Å². The monoisotopic (exact) mass is 529 g/mol. The molecule has 9 nitrogen and oxygen atoms in total. The van der Waals surface area contributed by atoms with Crippen LogP contribution in [0.2, 0.25) is 0 Å². The Bertz CT molecular complexity index is 1220. The van der Waals surface area contributed by atoms with E-state index >= 15 is 0 Å². The summed E-state index contributed by atoms with van der Waals surface area (Å²) in [6.45, 7) is 4.42. The van der Waals surface area contributed by atoms with E-state index < -0.39 is 33.9 Å². The standard InChI is InChI=1S/C23H30F3N5O4S/c1-14(2)11-22(27)12-19(30-21-20(22)16(13-28-21)23(24,25)26)29-17-5-4-15(10-18(17)34-3)36(32,33)31-6-8-35-9-7-31/h4-5,10,12,14,29H,6-9,11,13,27H2,1-3H3,(H,28,30). The van der Waals surface area contributed by atoms with Crippen molar-refractivity contribution in [3.8, 4) is 5.75 Å². The summed E-state index contributed by atoms with van der Waals surface area (Å²) in [4.78, 5) is 4.13. The number of fused-ring (bicyclic) bond motifs is 1. The molecule has 0 spiro atoms. The quantitative estimate of drug-likeness (QED) is 0.497. The number of nitrogens with two attached hydrogens (primary N) is 1. The van der Waals surface area contributed by atoms with E-state index in [0.717, 1.165) is 0 Å². The van der Waals surface area contributed by atoms with E-state index in [0.29, 0.717) is 24.7 Å². The van der Waals surface area contributed by atoms with E-state index in [-0.39, 0.29) is 47.5 Å². The molecule has 0 bridgehead atoms. The molecule has 1 aromatic carbocycles. The largest absolute Gasteiger partial charge is 0.495 e. The fourth-order valence-electron chi connectivity index (χ4n) is 4.71. The van der Waals surface area contributed by atoms with E-state index in [2.05, 4.69) is 15.6 Å². The van der Waals surface area contributed by atoms with Gasteiger partial charge < -0.3 is 25.8 Å². The maximum Gasteiger partial charge on any atom is 0.414 e. The van der Waals surface area contributed by atoms with Gasteiger partial charge in [0.25, 0.3) is 0 Å². The van der Waals surface area contributed by atoms with Crippen molar-refractivity contribution in [3.05, 3.63) is 41.2 Å². The van der Waals surface area contributed by atoms with Gasteiger partial charge in [-0.2, -0.15) is 17.5 Å². The van der Waals surface area contributed by atoms with Gasteiger partial charge in [0.2, 0.25) is 10.0 Å². The molecule has 1 atom stereocenters. The molecule has 1 aromatic rings. The van der Waals surface area contributed by atoms with Gasteiger partial charge in [0.1, 0.15) is 17.4 Å². The summed E-state index contributed by atoms with van der Waals surface area (Å²) >= 11 is 0. The zero-order valence-electron chi connectivity index (χ0n) is 20.3. The zero-order chi connectivity index (χ0) is 26.3. The molecule has 0 amide bonds. The van der Waals surface area contributed by atoms with Crippen LogP contribution in [0, 0.1) is 5.92 Å². The highest BCUT2D eigenvalue weighted by molar-refractivity contribution is 7.89. The van der Waals surface area contributed by atoms with Gasteiger partial charge in [-0.05, 0) is 30.5 Å². The van der Waals surface area contributed by atoms with Gasteiger partial charge in [0.15, 0.2) is 0 Å². The van der Waals surface area contributed by atoms with Crippen molar-refractivity contribution in [2.75, 3.05) is 45.3 Å². The first-order chi connectivity index (χ1) is 16.8. The number of hydrogen-bond donors (Lipinski definition) is 3. The maximum atomic E-state index is 13.7. The number of benzene rings is 1. The Morgan fingerprint density at radius 1 is 1.31 bits per heavy atom. The second-order valence-corrected chi connectivity index (χ2v) is 11.3. The lowest BCUT2D eigenvalue weighted by molar-refractivity contribution is -0.0927. The summed E-state index contributed by atoms with van der Waals surface area (Å²) in [5.41, 5.74) is 4.79. The first-order valence-electron chi connectivity index (χ1n) is 11.5. The normalized spacial score (nSPS) is 23.2. The lowest BCUT2D eigenvalue weighted by atomic mass is 9.78. The number of nitrogens with zero attached hydrogens (tertiary/aromatic N) is 2. The Morgan fingerprint density at radius 2 is 2.00 bits per heavy atom. The molecule has 13 heteroatoms. The SMILES string of the molecule is COc1cc(S(=O)(=O)N2CCOCC2)ccc1NC1=CC(N)(CC(C)C)C2=C(C(F)(F)F)CN=C2N1. The second kappa shape index (κ2) is 9.69. The highest BCUT2D eigenvalue weighted by Gasteiger charge is 2.48. The van der Waals surface area contributed by atoms with Crippen molar-refractivity contribution in [2.45, 2.75) is 36.9 Å². The number of rotatable bonds is 7. The molecule has 1 fully saturated rings. The summed E-state index contributed by atoms with van der Waals surface area (Å²) in [7, 11) is -2.34. The summed E-state index contributed by atoms with van der Waals surface area (Å²) in [6.07, 6.45) is -2.76. The summed E-state index contributed by atoms with van der Waals surface area (Å²) in [6, 6.07) is 4.39. The Morgan fingerprint density at radius 3 is 2.61 bits per heavy atom. The molecule has 36 heavy (non-hydrogen) atoms. The predicted octanol–water partition coefficient (Wildman–Crippen LogP) is 2.59. The number of anilines is 1. The number of ether oxygens (including phenoxy) is 2. The van der Waals surface area contributed by atoms with Gasteiger partial charge in [-0.15, -0.1) is 0 Å². The molecule has 0 radical (unpaired) electrons. The summed E-state index contributed by atoms with van der Waals surface area (Å²) in [5, 5.41) is 5.99. The number of alkyl halides is 3.